The SMILES string of the molecule is CCS(=O)(=O)c1ccc(CNC(=O)c2cnc3c(c2)nc(CC2CCC(C(F)(F)F)CC2)n3C2CC2)cc1. The van der Waals surface area contributed by atoms with Crippen LogP contribution in [-0.2, 0) is 22.8 Å². The third kappa shape index (κ3) is 5.72. The number of amides is 1. The Hall–Kier alpha value is -2.95. The van der Waals surface area contributed by atoms with Gasteiger partial charge in [-0.1, -0.05) is 19.1 Å². The fraction of sp³-hybridized carbons (Fsp3) is 0.519. The van der Waals surface area contributed by atoms with Crippen molar-refractivity contribution in [3.05, 3.63) is 53.5 Å². The number of imidazole rings is 1. The Kier molecular flexibility index (Phi) is 7.23. The first-order chi connectivity index (χ1) is 18.0. The lowest BCUT2D eigenvalue weighted by Gasteiger charge is -2.29. The van der Waals surface area contributed by atoms with E-state index in [9.17, 15) is 26.4 Å². The maximum atomic E-state index is 13.1. The standard InChI is InChI=1S/C27H31F3N4O3S/c1-2-38(36,37)22-11-5-18(6-12-22)15-32-26(35)19-14-23-25(31-16-19)34(21-9-10-21)24(33-23)13-17-3-7-20(8-4-17)27(28,29)30/h5-6,11-12,14,16-17,20-21H,2-4,7-10,13,15H2,1H3,(H,32,35). The summed E-state index contributed by atoms with van der Waals surface area (Å²) in [7, 11) is -3.28. The van der Waals surface area contributed by atoms with Crippen molar-refractivity contribution in [1.29, 1.82) is 0 Å². The van der Waals surface area contributed by atoms with Crippen LogP contribution in [0.25, 0.3) is 11.2 Å². The second-order valence-electron chi connectivity index (χ2n) is 10.4. The molecule has 0 aliphatic heterocycles. The van der Waals surface area contributed by atoms with Crippen LogP contribution < -0.4 is 5.32 Å². The van der Waals surface area contributed by atoms with Gasteiger partial charge in [0.25, 0.3) is 5.91 Å². The Morgan fingerprint density at radius 2 is 1.76 bits per heavy atom. The van der Waals surface area contributed by atoms with Crippen LogP contribution in [0.5, 0.6) is 0 Å². The average Bonchev–Trinajstić information content (AvgIpc) is 3.67. The molecule has 2 saturated carbocycles. The molecule has 11 heteroatoms. The first-order valence-electron chi connectivity index (χ1n) is 13.1. The molecule has 0 atom stereocenters. The molecule has 1 amide bonds. The fourth-order valence-electron chi connectivity index (χ4n) is 5.23. The van der Waals surface area contributed by atoms with Crippen molar-refractivity contribution in [2.24, 2.45) is 11.8 Å². The number of carbonyl (C=O) groups excluding carboxylic acids is 1. The van der Waals surface area contributed by atoms with Crippen LogP contribution >= 0.6 is 0 Å². The van der Waals surface area contributed by atoms with E-state index < -0.39 is 21.9 Å². The molecule has 7 nitrogen and oxygen atoms in total. The molecule has 1 aromatic carbocycles. The zero-order chi connectivity index (χ0) is 27.1. The lowest BCUT2D eigenvalue weighted by Crippen LogP contribution is -2.28. The average molecular weight is 549 g/mol. The lowest BCUT2D eigenvalue weighted by atomic mass is 9.80. The van der Waals surface area contributed by atoms with E-state index in [-0.39, 0.29) is 41.9 Å². The first kappa shape index (κ1) is 26.6. The van der Waals surface area contributed by atoms with Gasteiger partial charge in [-0.2, -0.15) is 13.2 Å². The molecule has 0 spiro atoms. The summed E-state index contributed by atoms with van der Waals surface area (Å²) >= 11 is 0. The number of halogens is 3. The summed E-state index contributed by atoms with van der Waals surface area (Å²) in [5, 5.41) is 2.84. The second-order valence-corrected chi connectivity index (χ2v) is 12.7. The van der Waals surface area contributed by atoms with Gasteiger partial charge in [0.15, 0.2) is 15.5 Å². The number of benzene rings is 1. The molecule has 38 heavy (non-hydrogen) atoms. The second kappa shape index (κ2) is 10.3. The number of fused-ring (bicyclic) bond motifs is 1. The zero-order valence-electron chi connectivity index (χ0n) is 21.2. The van der Waals surface area contributed by atoms with Gasteiger partial charge in [0, 0.05) is 25.2 Å². The highest BCUT2D eigenvalue weighted by Crippen LogP contribution is 2.42. The van der Waals surface area contributed by atoms with Gasteiger partial charge in [-0.05, 0) is 68.2 Å². The number of hydrogen-bond acceptors (Lipinski definition) is 5. The molecule has 2 fully saturated rings. The van der Waals surface area contributed by atoms with Crippen molar-refractivity contribution in [2.45, 2.75) is 75.5 Å². The van der Waals surface area contributed by atoms with Crippen LogP contribution in [-0.4, -0.2) is 40.8 Å². The Morgan fingerprint density at radius 1 is 1.08 bits per heavy atom. The van der Waals surface area contributed by atoms with E-state index >= 15 is 0 Å². The highest BCUT2D eigenvalue weighted by atomic mass is 32.2. The number of carbonyl (C=O) groups is 1. The minimum absolute atomic E-state index is 0.0238. The van der Waals surface area contributed by atoms with E-state index in [4.69, 9.17) is 4.98 Å². The third-order valence-electron chi connectivity index (χ3n) is 7.67. The van der Waals surface area contributed by atoms with Gasteiger partial charge in [0.1, 0.15) is 11.3 Å². The molecule has 0 unspecified atom stereocenters. The van der Waals surface area contributed by atoms with Crippen LogP contribution in [0.4, 0.5) is 13.2 Å². The molecule has 2 aliphatic rings. The number of rotatable bonds is 8. The fourth-order valence-corrected chi connectivity index (χ4v) is 6.12. The van der Waals surface area contributed by atoms with Crippen LogP contribution in [0.3, 0.4) is 0 Å². The monoisotopic (exact) mass is 548 g/mol. The van der Waals surface area contributed by atoms with Crippen LogP contribution in [0.15, 0.2) is 41.4 Å². The Morgan fingerprint density at radius 3 is 2.37 bits per heavy atom. The largest absolute Gasteiger partial charge is 0.391 e. The normalized spacial score (nSPS) is 20.5. The maximum Gasteiger partial charge on any atom is 0.391 e. The minimum atomic E-state index is -4.12. The van der Waals surface area contributed by atoms with E-state index in [1.54, 1.807) is 25.1 Å². The summed E-state index contributed by atoms with van der Waals surface area (Å²) in [5.41, 5.74) is 2.44. The summed E-state index contributed by atoms with van der Waals surface area (Å²) in [5.74, 6) is -0.506. The van der Waals surface area contributed by atoms with Crippen molar-refractivity contribution in [2.75, 3.05) is 5.75 Å². The quantitative estimate of drug-likeness (QED) is 0.407. The highest BCUT2D eigenvalue weighted by molar-refractivity contribution is 7.91. The molecule has 3 aromatic rings. The Balaban J connectivity index is 1.27. The molecular formula is C27H31F3N4O3S. The van der Waals surface area contributed by atoms with Crippen LogP contribution in [0.2, 0.25) is 0 Å². The predicted molar refractivity (Wildman–Crippen MR) is 136 cm³/mol. The number of sulfone groups is 1. The molecule has 2 heterocycles. The molecule has 2 aliphatic carbocycles. The minimum Gasteiger partial charge on any atom is -0.348 e. The topological polar surface area (TPSA) is 93.9 Å². The summed E-state index contributed by atoms with van der Waals surface area (Å²) < 4.78 is 65.2. The summed E-state index contributed by atoms with van der Waals surface area (Å²) in [6.07, 6.45) is 1.44. The molecule has 0 saturated heterocycles. The number of aromatic nitrogens is 3. The number of hydrogen-bond donors (Lipinski definition) is 1. The Bertz CT molecular complexity index is 1420. The van der Waals surface area contributed by atoms with Gasteiger partial charge in [-0.25, -0.2) is 18.4 Å². The third-order valence-corrected chi connectivity index (χ3v) is 9.42. The van der Waals surface area contributed by atoms with E-state index in [1.807, 2.05) is 0 Å². The van der Waals surface area contributed by atoms with Crippen LogP contribution in [0.1, 0.15) is 73.2 Å². The van der Waals surface area contributed by atoms with E-state index in [0.29, 0.717) is 42.0 Å². The molecule has 0 bridgehead atoms. The lowest BCUT2D eigenvalue weighted by molar-refractivity contribution is -0.183. The van der Waals surface area contributed by atoms with E-state index in [2.05, 4.69) is 14.9 Å². The molecule has 204 valence electrons. The molecule has 5 rings (SSSR count). The molecule has 2 aromatic heterocycles. The van der Waals surface area contributed by atoms with Gasteiger partial charge in [-0.3, -0.25) is 4.79 Å². The molecular weight excluding hydrogens is 517 g/mol. The van der Waals surface area contributed by atoms with Crippen LogP contribution in [0, 0.1) is 11.8 Å². The number of nitrogens with zero attached hydrogens (tertiary/aromatic N) is 3. The summed E-state index contributed by atoms with van der Waals surface area (Å²) in [4.78, 5) is 22.4. The molecule has 1 N–H and O–H groups in total. The van der Waals surface area contributed by atoms with E-state index in [0.717, 1.165) is 24.2 Å². The smallest absolute Gasteiger partial charge is 0.348 e. The van der Waals surface area contributed by atoms with Gasteiger partial charge in [-0.15, -0.1) is 0 Å². The van der Waals surface area contributed by atoms with Crippen molar-refractivity contribution in [3.8, 4) is 0 Å². The van der Waals surface area contributed by atoms with Gasteiger partial charge >= 0.3 is 6.18 Å². The van der Waals surface area contributed by atoms with Gasteiger partial charge in [0.05, 0.1) is 22.1 Å². The zero-order valence-corrected chi connectivity index (χ0v) is 22.0. The molecule has 0 radical (unpaired) electrons. The summed E-state index contributed by atoms with van der Waals surface area (Å²) in [6.45, 7) is 1.82. The predicted octanol–water partition coefficient (Wildman–Crippen LogP) is 5.40. The van der Waals surface area contributed by atoms with Gasteiger partial charge < -0.3 is 9.88 Å². The Labute approximate surface area is 219 Å². The van der Waals surface area contributed by atoms with Crippen molar-refractivity contribution in [3.63, 3.8) is 0 Å². The number of nitrogens with one attached hydrogen (secondary N) is 1. The van der Waals surface area contributed by atoms with Crippen molar-refractivity contribution < 1.29 is 26.4 Å². The van der Waals surface area contributed by atoms with Crippen molar-refractivity contribution in [1.82, 2.24) is 19.9 Å². The maximum absolute atomic E-state index is 13.1. The van der Waals surface area contributed by atoms with Gasteiger partial charge in [0.2, 0.25) is 0 Å². The first-order valence-corrected chi connectivity index (χ1v) is 14.7. The van der Waals surface area contributed by atoms with Crippen molar-refractivity contribution >= 4 is 26.9 Å². The highest BCUT2D eigenvalue weighted by Gasteiger charge is 2.41. The summed E-state index contributed by atoms with van der Waals surface area (Å²) in [6, 6.07) is 8.43. The number of pyridine rings is 1. The van der Waals surface area contributed by atoms with E-state index in [1.165, 1.54) is 18.3 Å². The number of alkyl halides is 3.